The molecule has 2 aromatic carbocycles. The summed E-state index contributed by atoms with van der Waals surface area (Å²) in [6.07, 6.45) is 2.46. The monoisotopic (exact) mass is 721 g/mol. The highest BCUT2D eigenvalue weighted by Gasteiger charge is 2.60. The Morgan fingerprint density at radius 1 is 0.920 bits per heavy atom. The highest BCUT2D eigenvalue weighted by atomic mass is 35.5. The number of likely N-dealkylation sites (tertiary alicyclic amines) is 1. The Bertz CT molecular complexity index is 1740. The van der Waals surface area contributed by atoms with Gasteiger partial charge in [0, 0.05) is 52.5 Å². The number of nitrogens with one attached hydrogen (secondary N) is 1. The number of amides is 3. The first-order chi connectivity index (χ1) is 23.4. The van der Waals surface area contributed by atoms with Crippen LogP contribution >= 0.6 is 23.2 Å². The molecule has 3 aromatic rings. The van der Waals surface area contributed by atoms with E-state index in [1.165, 1.54) is 0 Å². The second-order valence-corrected chi connectivity index (χ2v) is 16.2. The average molecular weight is 723 g/mol. The van der Waals surface area contributed by atoms with Gasteiger partial charge in [-0.05, 0) is 89.8 Å². The average Bonchev–Trinajstić information content (AvgIpc) is 3.28. The fourth-order valence-electron chi connectivity index (χ4n) is 6.69. The third kappa shape index (κ3) is 7.45. The first-order valence-electron chi connectivity index (χ1n) is 17.2. The predicted octanol–water partition coefficient (Wildman–Crippen LogP) is 9.09. The summed E-state index contributed by atoms with van der Waals surface area (Å²) in [5.74, 6) is 1.05. The molecule has 0 spiro atoms. The van der Waals surface area contributed by atoms with E-state index in [0.29, 0.717) is 59.7 Å². The molecule has 1 fully saturated rings. The molecule has 11 heteroatoms. The van der Waals surface area contributed by atoms with E-state index in [2.05, 4.69) is 26.1 Å². The van der Waals surface area contributed by atoms with Crippen molar-refractivity contribution in [1.82, 2.24) is 20.1 Å². The van der Waals surface area contributed by atoms with Crippen LogP contribution in [0.15, 0.2) is 65.8 Å². The molecule has 9 nitrogen and oxygen atoms in total. The van der Waals surface area contributed by atoms with Crippen LogP contribution in [0.25, 0.3) is 0 Å². The topological polar surface area (TPSA) is 96.4 Å². The zero-order valence-electron chi connectivity index (χ0n) is 30.6. The molecular weight excluding hydrogens is 673 g/mol. The van der Waals surface area contributed by atoms with Gasteiger partial charge in [-0.3, -0.25) is 14.9 Å². The quantitative estimate of drug-likeness (QED) is 0.274. The van der Waals surface area contributed by atoms with Gasteiger partial charge in [0.2, 0.25) is 0 Å². The van der Waals surface area contributed by atoms with E-state index in [-0.39, 0.29) is 17.5 Å². The van der Waals surface area contributed by atoms with Gasteiger partial charge in [-0.1, -0.05) is 68.2 Å². The van der Waals surface area contributed by atoms with E-state index in [1.54, 1.807) is 6.20 Å². The molecule has 1 saturated heterocycles. The number of benzene rings is 2. The lowest BCUT2D eigenvalue weighted by Crippen LogP contribution is -2.59. The number of alkyl carbamates (subject to hydrolysis) is 1. The number of piperidine rings is 1. The van der Waals surface area contributed by atoms with Crippen molar-refractivity contribution in [1.29, 1.82) is 0 Å². The summed E-state index contributed by atoms with van der Waals surface area (Å²) in [5, 5.41) is 4.17. The Labute approximate surface area is 306 Å². The number of carbonyl (C=O) groups is 2. The number of rotatable bonds is 6. The molecule has 1 aromatic heterocycles. The standard InChI is InChI=1S/C39H49Cl2N5O4/c1-10-49-31-23-32(36(2,3)4)42-24-30(31)33-44-38(8,25-11-15-27(40)16-12-25)39(9,26-13-17-28(41)18-14-26)46(33)35(48)45-21-19-29(20-22-45)43-34(47)50-37(5,6)7/h11-18,23-24,29H,10,19-22H2,1-9H3,(H,43,47)/t38-,39-/m1/s1. The zero-order valence-corrected chi connectivity index (χ0v) is 32.1. The van der Waals surface area contributed by atoms with E-state index >= 15 is 4.79 Å². The van der Waals surface area contributed by atoms with Gasteiger partial charge in [-0.25, -0.2) is 9.59 Å². The number of hydrogen-bond acceptors (Lipinski definition) is 6. The third-order valence-corrected chi connectivity index (χ3v) is 10.1. The molecule has 1 N–H and O–H groups in total. The van der Waals surface area contributed by atoms with Gasteiger partial charge in [-0.2, -0.15) is 0 Å². The van der Waals surface area contributed by atoms with Gasteiger partial charge >= 0.3 is 12.1 Å². The SMILES string of the molecule is CCOc1cc(C(C)(C)C)ncc1C1=N[C@](C)(c2ccc(Cl)cc2)[C@@](C)(c2ccc(Cl)cc2)N1C(=O)N1CCC(NC(=O)OC(C)(C)C)CC1. The van der Waals surface area contributed by atoms with E-state index in [0.717, 1.165) is 16.8 Å². The molecule has 2 aliphatic heterocycles. The first-order valence-corrected chi connectivity index (χ1v) is 18.0. The van der Waals surface area contributed by atoms with Crippen molar-refractivity contribution in [2.24, 2.45) is 4.99 Å². The molecule has 2 aliphatic rings. The minimum absolute atomic E-state index is 0.124. The molecule has 50 heavy (non-hydrogen) atoms. The van der Waals surface area contributed by atoms with Gasteiger partial charge < -0.3 is 19.7 Å². The van der Waals surface area contributed by atoms with Crippen molar-refractivity contribution < 1.29 is 19.1 Å². The molecule has 268 valence electrons. The summed E-state index contributed by atoms with van der Waals surface area (Å²) in [5.41, 5.74) is 0.346. The minimum Gasteiger partial charge on any atom is -0.493 e. The second-order valence-electron chi connectivity index (χ2n) is 15.4. The minimum atomic E-state index is -1.05. The van der Waals surface area contributed by atoms with Crippen LogP contribution < -0.4 is 10.1 Å². The maximum absolute atomic E-state index is 15.2. The lowest BCUT2D eigenvalue weighted by atomic mass is 9.71. The fourth-order valence-corrected chi connectivity index (χ4v) is 6.94. The number of nitrogens with zero attached hydrogens (tertiary/aromatic N) is 4. The summed E-state index contributed by atoms with van der Waals surface area (Å²) in [4.78, 5) is 41.7. The number of pyridine rings is 1. The summed E-state index contributed by atoms with van der Waals surface area (Å²) in [6, 6.07) is 16.8. The molecule has 0 radical (unpaired) electrons. The van der Waals surface area contributed by atoms with Crippen molar-refractivity contribution in [2.45, 2.75) is 103 Å². The lowest BCUT2D eigenvalue weighted by molar-refractivity contribution is 0.0479. The molecular formula is C39H49Cl2N5O4. The van der Waals surface area contributed by atoms with Gasteiger partial charge in [0.25, 0.3) is 0 Å². The highest BCUT2D eigenvalue weighted by molar-refractivity contribution is 6.30. The molecule has 3 amide bonds. The number of aliphatic imine (C=N–C) groups is 1. The number of amidine groups is 1. The number of ether oxygens (including phenoxy) is 2. The molecule has 3 heterocycles. The number of hydrogen-bond donors (Lipinski definition) is 1. The number of halogens is 2. The second kappa shape index (κ2) is 14.1. The van der Waals surface area contributed by atoms with Crippen LogP contribution in [0.2, 0.25) is 10.0 Å². The van der Waals surface area contributed by atoms with Crippen LogP contribution in [-0.2, 0) is 21.2 Å². The van der Waals surface area contributed by atoms with Crippen LogP contribution in [0.4, 0.5) is 9.59 Å². The number of urea groups is 1. The third-order valence-electron chi connectivity index (χ3n) is 9.60. The molecule has 0 unspecified atom stereocenters. The smallest absolute Gasteiger partial charge is 0.407 e. The van der Waals surface area contributed by atoms with Crippen molar-refractivity contribution in [2.75, 3.05) is 19.7 Å². The lowest BCUT2D eigenvalue weighted by Gasteiger charge is -2.47. The Morgan fingerprint density at radius 2 is 1.48 bits per heavy atom. The normalized spacial score (nSPS) is 21.5. The molecule has 0 bridgehead atoms. The molecule has 2 atom stereocenters. The van der Waals surface area contributed by atoms with Crippen LogP contribution in [0.5, 0.6) is 5.75 Å². The molecule has 5 rings (SSSR count). The highest BCUT2D eigenvalue weighted by Crippen LogP contribution is 2.54. The molecule has 0 aliphatic carbocycles. The Hall–Kier alpha value is -3.82. The number of carbonyl (C=O) groups excluding carboxylic acids is 2. The first kappa shape index (κ1) is 37.4. The van der Waals surface area contributed by atoms with Crippen molar-refractivity contribution in [3.63, 3.8) is 0 Å². The summed E-state index contributed by atoms with van der Waals surface area (Å²) in [6.45, 7) is 19.1. The summed E-state index contributed by atoms with van der Waals surface area (Å²) >= 11 is 12.8. The van der Waals surface area contributed by atoms with E-state index in [4.69, 9.17) is 42.7 Å². The molecule has 0 saturated carbocycles. The fraction of sp³-hybridized carbons (Fsp3) is 0.487. The summed E-state index contributed by atoms with van der Waals surface area (Å²) in [7, 11) is 0. The van der Waals surface area contributed by atoms with Crippen LogP contribution in [0, 0.1) is 0 Å². The van der Waals surface area contributed by atoms with E-state index in [9.17, 15) is 4.79 Å². The Kier molecular flexibility index (Phi) is 10.5. The van der Waals surface area contributed by atoms with E-state index in [1.807, 2.05) is 106 Å². The Morgan fingerprint density at radius 3 is 2.00 bits per heavy atom. The zero-order chi connectivity index (χ0) is 36.6. The van der Waals surface area contributed by atoms with Crippen LogP contribution in [-0.4, -0.2) is 64.1 Å². The van der Waals surface area contributed by atoms with Gasteiger partial charge in [0.1, 0.15) is 28.3 Å². The maximum atomic E-state index is 15.2. The van der Waals surface area contributed by atoms with Crippen molar-refractivity contribution in [3.8, 4) is 5.75 Å². The van der Waals surface area contributed by atoms with Crippen molar-refractivity contribution >= 4 is 41.2 Å². The van der Waals surface area contributed by atoms with Crippen LogP contribution in [0.1, 0.15) is 97.5 Å². The van der Waals surface area contributed by atoms with Crippen LogP contribution in [0.3, 0.4) is 0 Å². The maximum Gasteiger partial charge on any atom is 0.407 e. The predicted molar refractivity (Wildman–Crippen MR) is 199 cm³/mol. The van der Waals surface area contributed by atoms with Gasteiger partial charge in [-0.15, -0.1) is 0 Å². The summed E-state index contributed by atoms with van der Waals surface area (Å²) < 4.78 is 11.8. The largest absolute Gasteiger partial charge is 0.493 e. The van der Waals surface area contributed by atoms with Crippen molar-refractivity contribution in [3.05, 3.63) is 93.2 Å². The number of aromatic nitrogens is 1. The van der Waals surface area contributed by atoms with Gasteiger partial charge in [0.15, 0.2) is 0 Å². The van der Waals surface area contributed by atoms with E-state index < -0.39 is 22.8 Å². The Balaban J connectivity index is 1.64. The van der Waals surface area contributed by atoms with Gasteiger partial charge in [0.05, 0.1) is 12.2 Å².